The van der Waals surface area contributed by atoms with Crippen molar-refractivity contribution in [3.63, 3.8) is 0 Å². The molecule has 6 heteroatoms. The molecule has 2 aromatic carbocycles. The number of anilines is 1. The van der Waals surface area contributed by atoms with Crippen LogP contribution >= 0.6 is 11.8 Å². The molecule has 0 N–H and O–H groups in total. The lowest BCUT2D eigenvalue weighted by molar-refractivity contribution is -0.142. The zero-order valence-electron chi connectivity index (χ0n) is 17.3. The maximum atomic E-state index is 13.9. The van der Waals surface area contributed by atoms with E-state index < -0.39 is 4.87 Å². The monoisotopic (exact) mass is 410 g/mol. The molecule has 29 heavy (non-hydrogen) atoms. The van der Waals surface area contributed by atoms with Gasteiger partial charge in [-0.3, -0.25) is 9.59 Å². The molecule has 2 aliphatic heterocycles. The van der Waals surface area contributed by atoms with E-state index in [0.717, 1.165) is 33.9 Å². The lowest BCUT2D eigenvalue weighted by Gasteiger charge is -2.34. The van der Waals surface area contributed by atoms with E-state index in [2.05, 4.69) is 6.07 Å². The number of ether oxygens (including phenoxy) is 1. The highest BCUT2D eigenvalue weighted by atomic mass is 32.2. The number of nitrogens with zero attached hydrogens (tertiary/aromatic N) is 2. The minimum Gasteiger partial charge on any atom is -0.497 e. The van der Waals surface area contributed by atoms with E-state index in [0.29, 0.717) is 13.1 Å². The standard InChI is InChI=1S/C23H26N2O3S/c1-15(2)21(26)25-10-11-29-23(25)19-12-16(3)8-9-20(19)24(22(23)27)14-17-6-5-7-18(13-17)28-4/h5-9,12-13,15H,10-11,14H2,1-4H3/t23-/m0/s1. The molecule has 152 valence electrons. The summed E-state index contributed by atoms with van der Waals surface area (Å²) >= 11 is 1.58. The Balaban J connectivity index is 1.80. The van der Waals surface area contributed by atoms with Crippen LogP contribution in [0.15, 0.2) is 42.5 Å². The van der Waals surface area contributed by atoms with Gasteiger partial charge in [-0.1, -0.05) is 43.7 Å². The third-order valence-electron chi connectivity index (χ3n) is 5.58. The first-order valence-corrected chi connectivity index (χ1v) is 10.9. The van der Waals surface area contributed by atoms with Crippen LogP contribution in [0.5, 0.6) is 5.75 Å². The number of hydrogen-bond acceptors (Lipinski definition) is 4. The second kappa shape index (κ2) is 7.41. The van der Waals surface area contributed by atoms with E-state index in [1.54, 1.807) is 23.8 Å². The molecule has 5 nitrogen and oxygen atoms in total. The minimum atomic E-state index is -0.957. The number of amides is 2. The van der Waals surface area contributed by atoms with Crippen molar-refractivity contribution in [2.45, 2.75) is 32.2 Å². The Labute approximate surface area is 176 Å². The van der Waals surface area contributed by atoms with Crippen LogP contribution in [0.1, 0.15) is 30.5 Å². The lowest BCUT2D eigenvalue weighted by atomic mass is 10.0. The normalized spacial score (nSPS) is 20.7. The number of rotatable bonds is 4. The van der Waals surface area contributed by atoms with Gasteiger partial charge < -0.3 is 14.5 Å². The molecule has 2 heterocycles. The quantitative estimate of drug-likeness (QED) is 0.766. The van der Waals surface area contributed by atoms with Gasteiger partial charge in [0.1, 0.15) is 5.75 Å². The highest BCUT2D eigenvalue weighted by molar-refractivity contribution is 8.01. The molecular weight excluding hydrogens is 384 g/mol. The fourth-order valence-electron chi connectivity index (χ4n) is 4.17. The Hall–Kier alpha value is -2.47. The van der Waals surface area contributed by atoms with E-state index >= 15 is 0 Å². The number of methoxy groups -OCH3 is 1. The highest BCUT2D eigenvalue weighted by Gasteiger charge is 2.59. The first kappa shape index (κ1) is 19.8. The summed E-state index contributed by atoms with van der Waals surface area (Å²) in [6.45, 7) is 6.84. The largest absolute Gasteiger partial charge is 0.497 e. The number of fused-ring (bicyclic) bond motifs is 2. The average molecular weight is 411 g/mol. The third kappa shape index (κ3) is 3.10. The smallest absolute Gasteiger partial charge is 0.268 e. The van der Waals surface area contributed by atoms with Crippen molar-refractivity contribution >= 4 is 29.3 Å². The summed E-state index contributed by atoms with van der Waals surface area (Å²) in [5.41, 5.74) is 3.90. The molecule has 4 rings (SSSR count). The molecule has 1 saturated heterocycles. The van der Waals surface area contributed by atoms with Gasteiger partial charge in [-0.25, -0.2) is 0 Å². The van der Waals surface area contributed by atoms with Gasteiger partial charge in [0.15, 0.2) is 4.87 Å². The van der Waals surface area contributed by atoms with Crippen LogP contribution in [0.2, 0.25) is 0 Å². The number of carbonyl (C=O) groups excluding carboxylic acids is 2. The molecular formula is C23H26N2O3S. The second-order valence-electron chi connectivity index (χ2n) is 7.90. The number of benzene rings is 2. The summed E-state index contributed by atoms with van der Waals surface area (Å²) in [5, 5.41) is 0. The lowest BCUT2D eigenvalue weighted by Crippen LogP contribution is -2.51. The van der Waals surface area contributed by atoms with Crippen LogP contribution in [0.25, 0.3) is 0 Å². The molecule has 0 aliphatic carbocycles. The Morgan fingerprint density at radius 1 is 1.24 bits per heavy atom. The third-order valence-corrected chi connectivity index (χ3v) is 7.00. The molecule has 1 spiro atoms. The van der Waals surface area contributed by atoms with Crippen molar-refractivity contribution < 1.29 is 14.3 Å². The first-order valence-electron chi connectivity index (χ1n) is 9.90. The topological polar surface area (TPSA) is 49.9 Å². The van der Waals surface area contributed by atoms with Crippen LogP contribution in [0.3, 0.4) is 0 Å². The van der Waals surface area contributed by atoms with Gasteiger partial charge in [0.05, 0.1) is 19.3 Å². The van der Waals surface area contributed by atoms with Crippen molar-refractivity contribution in [2.24, 2.45) is 5.92 Å². The maximum absolute atomic E-state index is 13.9. The average Bonchev–Trinajstić information content (AvgIpc) is 3.25. The molecule has 2 amide bonds. The van der Waals surface area contributed by atoms with Gasteiger partial charge in [0, 0.05) is 23.8 Å². The molecule has 1 atom stereocenters. The molecule has 1 fully saturated rings. The van der Waals surface area contributed by atoms with Crippen molar-refractivity contribution in [1.82, 2.24) is 4.90 Å². The summed E-state index contributed by atoms with van der Waals surface area (Å²) in [7, 11) is 1.64. The number of aryl methyl sites for hydroxylation is 1. The summed E-state index contributed by atoms with van der Waals surface area (Å²) in [6.07, 6.45) is 0. The summed E-state index contributed by atoms with van der Waals surface area (Å²) in [4.78, 5) is 29.6. The van der Waals surface area contributed by atoms with Gasteiger partial charge in [-0.15, -0.1) is 11.8 Å². The summed E-state index contributed by atoms with van der Waals surface area (Å²) in [6, 6.07) is 13.9. The van der Waals surface area contributed by atoms with Gasteiger partial charge in [-0.2, -0.15) is 0 Å². The van der Waals surface area contributed by atoms with Crippen LogP contribution in [0, 0.1) is 12.8 Å². The molecule has 0 unspecified atom stereocenters. The van der Waals surface area contributed by atoms with Crippen LogP contribution in [-0.2, 0) is 21.0 Å². The second-order valence-corrected chi connectivity index (χ2v) is 9.19. The van der Waals surface area contributed by atoms with Crippen molar-refractivity contribution in [2.75, 3.05) is 24.3 Å². The fraction of sp³-hybridized carbons (Fsp3) is 0.391. The zero-order chi connectivity index (χ0) is 20.8. The fourth-order valence-corrected chi connectivity index (χ4v) is 5.63. The van der Waals surface area contributed by atoms with Crippen LogP contribution in [-0.4, -0.2) is 36.1 Å². The minimum absolute atomic E-state index is 0.0269. The Bertz CT molecular complexity index is 974. The van der Waals surface area contributed by atoms with Gasteiger partial charge in [0.2, 0.25) is 5.91 Å². The first-order chi connectivity index (χ1) is 13.9. The van der Waals surface area contributed by atoms with Gasteiger partial charge in [0.25, 0.3) is 5.91 Å². The van der Waals surface area contributed by atoms with Gasteiger partial charge in [-0.05, 0) is 30.7 Å². The molecule has 0 saturated carbocycles. The predicted octanol–water partition coefficient (Wildman–Crippen LogP) is 3.93. The number of thioether (sulfide) groups is 1. The summed E-state index contributed by atoms with van der Waals surface area (Å²) < 4.78 is 5.34. The summed E-state index contributed by atoms with van der Waals surface area (Å²) in [5.74, 6) is 1.36. The molecule has 0 bridgehead atoms. The van der Waals surface area contributed by atoms with Gasteiger partial charge >= 0.3 is 0 Å². The molecule has 2 aromatic rings. The van der Waals surface area contributed by atoms with E-state index in [9.17, 15) is 9.59 Å². The number of hydrogen-bond donors (Lipinski definition) is 0. The van der Waals surface area contributed by atoms with E-state index in [1.807, 2.05) is 62.1 Å². The molecule has 2 aliphatic rings. The van der Waals surface area contributed by atoms with Crippen molar-refractivity contribution in [1.29, 1.82) is 0 Å². The Morgan fingerprint density at radius 3 is 2.76 bits per heavy atom. The van der Waals surface area contributed by atoms with Crippen LogP contribution in [0.4, 0.5) is 5.69 Å². The van der Waals surface area contributed by atoms with Crippen molar-refractivity contribution in [3.8, 4) is 5.75 Å². The number of carbonyl (C=O) groups is 2. The van der Waals surface area contributed by atoms with E-state index in [-0.39, 0.29) is 17.7 Å². The Kier molecular flexibility index (Phi) is 5.07. The molecule has 0 aromatic heterocycles. The van der Waals surface area contributed by atoms with E-state index in [4.69, 9.17) is 4.74 Å². The molecule has 0 radical (unpaired) electrons. The SMILES string of the molecule is COc1cccc(CN2C(=O)[C@@]3(SCCN3C(=O)C(C)C)c3cc(C)ccc32)c1. The van der Waals surface area contributed by atoms with Crippen LogP contribution < -0.4 is 9.64 Å². The highest BCUT2D eigenvalue weighted by Crippen LogP contribution is 2.55. The Morgan fingerprint density at radius 2 is 2.03 bits per heavy atom. The maximum Gasteiger partial charge on any atom is 0.268 e. The van der Waals surface area contributed by atoms with E-state index in [1.165, 1.54) is 0 Å². The van der Waals surface area contributed by atoms with Crippen molar-refractivity contribution in [3.05, 3.63) is 59.2 Å². The predicted molar refractivity (Wildman–Crippen MR) is 116 cm³/mol. The zero-order valence-corrected chi connectivity index (χ0v) is 18.1.